The van der Waals surface area contributed by atoms with E-state index in [2.05, 4.69) is 25.6 Å². The molecule has 20 heteroatoms. The molecular formula is C45H50F3N9O7S. The van der Waals surface area contributed by atoms with Crippen molar-refractivity contribution in [2.24, 2.45) is 17.8 Å². The van der Waals surface area contributed by atoms with Crippen LogP contribution in [0.3, 0.4) is 0 Å². The van der Waals surface area contributed by atoms with Crippen LogP contribution >= 0.6 is 0 Å². The zero-order valence-electron chi connectivity index (χ0n) is 36.3. The maximum atomic E-state index is 15.5. The van der Waals surface area contributed by atoms with Crippen molar-refractivity contribution in [3.63, 3.8) is 0 Å². The lowest BCUT2D eigenvalue weighted by molar-refractivity contribution is -0.138. The molecule has 0 bridgehead atoms. The Bertz CT molecular complexity index is 2740. The topological polar surface area (TPSA) is 197 Å². The number of benzene rings is 2. The van der Waals surface area contributed by atoms with E-state index in [4.69, 9.17) is 0 Å². The maximum absolute atomic E-state index is 15.5. The predicted molar refractivity (Wildman–Crippen MR) is 232 cm³/mol. The van der Waals surface area contributed by atoms with Gasteiger partial charge in [-0.15, -0.1) is 0 Å². The van der Waals surface area contributed by atoms with Crippen LogP contribution in [-0.4, -0.2) is 117 Å². The van der Waals surface area contributed by atoms with Crippen LogP contribution in [-0.2, 0) is 24.4 Å². The van der Waals surface area contributed by atoms with Crippen LogP contribution in [0.1, 0.15) is 97.8 Å². The molecule has 9 rings (SSSR count). The van der Waals surface area contributed by atoms with E-state index < -0.39 is 67.9 Å². The molecule has 6 heterocycles. The standard InChI is InChI=1S/C45H50F3N9O7S/c1-23(2)57-24(3)50-40-33(47)18-26(19-36(40)57)39-34(48)22-49-45(53-39)51-27-8-16-56(17-9-27)65(63,64)28-10-14-55(15-11-28)44(62)25-6-12-54(13-7-25)35-21-31-30(20-32(35)46)41(59)38(42(31)60)29-4-5-37(58)52-43(29)61/h18-23,25,27-29,38H,4-17H2,1-3H3,(H,49,51,53)(H,52,58,61). The lowest BCUT2D eigenvalue weighted by atomic mass is 9.82. The van der Waals surface area contributed by atoms with E-state index in [1.807, 2.05) is 18.4 Å². The molecule has 65 heavy (non-hydrogen) atoms. The fourth-order valence-electron chi connectivity index (χ4n) is 10.4. The molecule has 4 aliphatic heterocycles. The molecule has 1 aliphatic carbocycles. The van der Waals surface area contributed by atoms with Crippen LogP contribution in [0.15, 0.2) is 30.5 Å². The highest BCUT2D eigenvalue weighted by Crippen LogP contribution is 2.39. The predicted octanol–water partition coefficient (Wildman–Crippen LogP) is 4.96. The van der Waals surface area contributed by atoms with E-state index in [1.54, 1.807) is 22.8 Å². The summed E-state index contributed by atoms with van der Waals surface area (Å²) in [5.74, 6) is -6.30. The summed E-state index contributed by atoms with van der Waals surface area (Å²) in [4.78, 5) is 80.7. The number of likely N-dealkylation sites (tertiary alicyclic amines) is 1. The minimum atomic E-state index is -3.68. The summed E-state index contributed by atoms with van der Waals surface area (Å²) in [6, 6.07) is 5.08. The van der Waals surface area contributed by atoms with E-state index >= 15 is 13.2 Å². The monoisotopic (exact) mass is 917 g/mol. The molecule has 2 unspecified atom stereocenters. The Morgan fingerprint density at radius 3 is 2.15 bits per heavy atom. The van der Waals surface area contributed by atoms with Crippen LogP contribution in [0, 0.1) is 42.1 Å². The van der Waals surface area contributed by atoms with Gasteiger partial charge in [0.1, 0.15) is 22.9 Å². The highest BCUT2D eigenvalue weighted by molar-refractivity contribution is 7.89. The fraction of sp³-hybridized carbons (Fsp3) is 0.511. The minimum Gasteiger partial charge on any atom is -0.369 e. The molecule has 2 aromatic carbocycles. The number of piperidine rings is 4. The highest BCUT2D eigenvalue weighted by atomic mass is 32.2. The van der Waals surface area contributed by atoms with Crippen molar-refractivity contribution in [2.45, 2.75) is 89.5 Å². The van der Waals surface area contributed by atoms with Crippen LogP contribution in [0.5, 0.6) is 0 Å². The fourth-order valence-corrected chi connectivity index (χ4v) is 12.4. The average molecular weight is 918 g/mol. The Morgan fingerprint density at radius 2 is 1.49 bits per heavy atom. The number of carbonyl (C=O) groups is 5. The third-order valence-electron chi connectivity index (χ3n) is 13.8. The molecule has 16 nitrogen and oxygen atoms in total. The zero-order chi connectivity index (χ0) is 46.1. The number of nitrogens with one attached hydrogen (secondary N) is 2. The molecule has 4 fully saturated rings. The molecule has 4 saturated heterocycles. The Labute approximate surface area is 373 Å². The second-order valence-electron chi connectivity index (χ2n) is 18.1. The van der Waals surface area contributed by atoms with Crippen molar-refractivity contribution in [2.75, 3.05) is 49.5 Å². The summed E-state index contributed by atoms with van der Waals surface area (Å²) in [6.45, 7) is 7.40. The lowest BCUT2D eigenvalue weighted by Crippen LogP contribution is -2.51. The van der Waals surface area contributed by atoms with Gasteiger partial charge in [0, 0.05) is 80.4 Å². The zero-order valence-corrected chi connectivity index (χ0v) is 37.1. The number of hydrogen-bond donors (Lipinski definition) is 2. The van der Waals surface area contributed by atoms with E-state index in [0.717, 1.165) is 12.3 Å². The molecule has 0 spiro atoms. The normalized spacial score (nSPS) is 22.0. The SMILES string of the molecule is Cc1nc2c(F)cc(-c3nc(NC4CCN(S(=O)(=O)C5CCN(C(=O)C6CCN(c7cc8c(cc7F)C(=O)C(C7CCC(=O)NC7=O)C8=O)CC6)CC5)CC4)ncc3F)cc2n1C(C)C. The minimum absolute atomic E-state index is 0.00550. The summed E-state index contributed by atoms with van der Waals surface area (Å²) < 4.78 is 76.9. The number of nitrogens with zero attached hydrogens (tertiary/aromatic N) is 7. The number of aromatic nitrogens is 4. The highest BCUT2D eigenvalue weighted by Gasteiger charge is 2.48. The molecule has 5 aliphatic rings. The Balaban J connectivity index is 0.760. The van der Waals surface area contributed by atoms with E-state index in [1.165, 1.54) is 16.4 Å². The number of sulfonamides is 1. The van der Waals surface area contributed by atoms with Gasteiger partial charge in [-0.2, -0.15) is 0 Å². The summed E-state index contributed by atoms with van der Waals surface area (Å²) in [5.41, 5.74) is 1.00. The van der Waals surface area contributed by atoms with Crippen molar-refractivity contribution >= 4 is 62.0 Å². The second-order valence-corrected chi connectivity index (χ2v) is 20.3. The largest absolute Gasteiger partial charge is 0.369 e. The van der Waals surface area contributed by atoms with Crippen molar-refractivity contribution in [3.8, 4) is 11.3 Å². The number of fused-ring (bicyclic) bond motifs is 2. The number of Topliss-reactive ketones (excluding diaryl/α,β-unsaturated/α-hetero) is 2. The van der Waals surface area contributed by atoms with Crippen LogP contribution in [0.25, 0.3) is 22.3 Å². The molecule has 0 saturated carbocycles. The first-order valence-corrected chi connectivity index (χ1v) is 23.8. The average Bonchev–Trinajstić information content (AvgIpc) is 3.75. The van der Waals surface area contributed by atoms with Crippen LogP contribution in [0.4, 0.5) is 24.8 Å². The van der Waals surface area contributed by atoms with Gasteiger partial charge in [-0.25, -0.2) is 40.8 Å². The molecular weight excluding hydrogens is 868 g/mol. The van der Waals surface area contributed by atoms with Crippen molar-refractivity contribution < 1.29 is 45.6 Å². The first-order valence-electron chi connectivity index (χ1n) is 22.3. The van der Waals surface area contributed by atoms with Gasteiger partial charge in [0.15, 0.2) is 23.2 Å². The van der Waals surface area contributed by atoms with E-state index in [0.29, 0.717) is 50.1 Å². The number of anilines is 2. The maximum Gasteiger partial charge on any atom is 0.230 e. The number of hydrogen-bond acceptors (Lipinski definition) is 12. The first kappa shape index (κ1) is 44.4. The Kier molecular flexibility index (Phi) is 11.8. The quantitative estimate of drug-likeness (QED) is 0.169. The second kappa shape index (κ2) is 17.2. The van der Waals surface area contributed by atoms with E-state index in [-0.39, 0.29) is 115 Å². The lowest BCUT2D eigenvalue weighted by Gasteiger charge is -2.39. The number of imide groups is 1. The molecule has 3 amide bonds. The number of aryl methyl sites for hydroxylation is 1. The number of ketones is 2. The number of rotatable bonds is 9. The van der Waals surface area contributed by atoms with Gasteiger partial charge in [-0.05, 0) is 90.0 Å². The third kappa shape index (κ3) is 8.16. The molecule has 0 radical (unpaired) electrons. The number of halogens is 3. The van der Waals surface area contributed by atoms with Gasteiger partial charge in [0.2, 0.25) is 33.7 Å². The van der Waals surface area contributed by atoms with Crippen molar-refractivity contribution in [1.82, 2.24) is 34.0 Å². The number of imidazole rings is 1. The van der Waals surface area contributed by atoms with Gasteiger partial charge in [0.05, 0.1) is 34.5 Å². The molecule has 344 valence electrons. The molecule has 2 N–H and O–H groups in total. The van der Waals surface area contributed by atoms with Crippen molar-refractivity contribution in [1.29, 1.82) is 0 Å². The first-order chi connectivity index (χ1) is 31.0. The van der Waals surface area contributed by atoms with E-state index in [9.17, 15) is 32.4 Å². The van der Waals surface area contributed by atoms with Crippen LogP contribution in [0.2, 0.25) is 0 Å². The van der Waals surface area contributed by atoms with Gasteiger partial charge in [-0.1, -0.05) is 0 Å². The van der Waals surface area contributed by atoms with Gasteiger partial charge >= 0.3 is 0 Å². The van der Waals surface area contributed by atoms with Gasteiger partial charge < -0.3 is 19.7 Å². The summed E-state index contributed by atoms with van der Waals surface area (Å²) in [7, 11) is -3.68. The molecule has 2 atom stereocenters. The summed E-state index contributed by atoms with van der Waals surface area (Å²) in [5, 5.41) is 4.74. The van der Waals surface area contributed by atoms with Crippen LogP contribution < -0.4 is 15.5 Å². The summed E-state index contributed by atoms with van der Waals surface area (Å²) in [6.07, 6.45) is 3.38. The number of amides is 3. The van der Waals surface area contributed by atoms with Crippen molar-refractivity contribution in [3.05, 3.63) is 64.9 Å². The molecule has 2 aromatic heterocycles. The third-order valence-corrected chi connectivity index (χ3v) is 16.2. The smallest absolute Gasteiger partial charge is 0.230 e. The summed E-state index contributed by atoms with van der Waals surface area (Å²) >= 11 is 0. The number of carbonyl (C=O) groups excluding carboxylic acids is 5. The Hall–Kier alpha value is -5.76. The van der Waals surface area contributed by atoms with Gasteiger partial charge in [-0.3, -0.25) is 29.3 Å². The Morgan fingerprint density at radius 1 is 0.815 bits per heavy atom. The molecule has 4 aromatic rings. The van der Waals surface area contributed by atoms with Gasteiger partial charge in [0.25, 0.3) is 0 Å².